The zero-order chi connectivity index (χ0) is 14.8. The molecule has 1 aromatic rings. The molecule has 1 rings (SSSR count). The van der Waals surface area contributed by atoms with Gasteiger partial charge in [0.05, 0.1) is 6.61 Å². The number of hydrogen-bond acceptors (Lipinski definition) is 5. The van der Waals surface area contributed by atoms with Gasteiger partial charge in [-0.1, -0.05) is 20.3 Å². The summed E-state index contributed by atoms with van der Waals surface area (Å²) in [4.78, 5) is 11.1. The molecule has 1 heterocycles. The molecule has 0 aliphatic heterocycles. The number of hydrogen-bond donors (Lipinski definition) is 1. The molecule has 1 aromatic heterocycles. The van der Waals surface area contributed by atoms with Gasteiger partial charge in [0.1, 0.15) is 11.6 Å². The van der Waals surface area contributed by atoms with Crippen molar-refractivity contribution in [1.82, 2.24) is 14.9 Å². The van der Waals surface area contributed by atoms with Crippen molar-refractivity contribution in [3.8, 4) is 5.88 Å². The highest BCUT2D eigenvalue weighted by atomic mass is 16.5. The third-order valence-corrected chi connectivity index (χ3v) is 2.90. The fourth-order valence-electron chi connectivity index (χ4n) is 1.73. The van der Waals surface area contributed by atoms with Crippen molar-refractivity contribution in [3.05, 3.63) is 11.9 Å². The zero-order valence-corrected chi connectivity index (χ0v) is 13.3. The van der Waals surface area contributed by atoms with Gasteiger partial charge in [-0.05, 0) is 33.5 Å². The minimum atomic E-state index is 0.681. The molecule has 0 saturated heterocycles. The van der Waals surface area contributed by atoms with Crippen molar-refractivity contribution in [2.75, 3.05) is 39.1 Å². The average Bonchev–Trinajstić information content (AvgIpc) is 2.43. The van der Waals surface area contributed by atoms with Gasteiger partial charge in [-0.25, -0.2) is 4.98 Å². The van der Waals surface area contributed by atoms with E-state index in [9.17, 15) is 0 Å². The van der Waals surface area contributed by atoms with Crippen molar-refractivity contribution >= 4 is 5.82 Å². The average molecular weight is 280 g/mol. The fraction of sp³-hybridized carbons (Fsp3) is 0.733. The molecule has 0 aliphatic carbocycles. The van der Waals surface area contributed by atoms with Gasteiger partial charge in [-0.15, -0.1) is 0 Å². The SMILES string of the molecule is CCCCOc1cc(NCCCN(C)C)nc(CC)n1. The lowest BCUT2D eigenvalue weighted by molar-refractivity contribution is 0.296. The molecule has 5 heteroatoms. The van der Waals surface area contributed by atoms with Crippen LogP contribution in [0.5, 0.6) is 5.88 Å². The van der Waals surface area contributed by atoms with Crippen molar-refractivity contribution < 1.29 is 4.74 Å². The Hall–Kier alpha value is -1.36. The summed E-state index contributed by atoms with van der Waals surface area (Å²) in [5, 5.41) is 3.35. The van der Waals surface area contributed by atoms with Crippen LogP contribution in [-0.4, -0.2) is 48.7 Å². The molecule has 0 amide bonds. The first-order valence-corrected chi connectivity index (χ1v) is 7.55. The maximum Gasteiger partial charge on any atom is 0.218 e. The topological polar surface area (TPSA) is 50.3 Å². The number of nitrogens with zero attached hydrogens (tertiary/aromatic N) is 3. The van der Waals surface area contributed by atoms with E-state index in [0.29, 0.717) is 5.88 Å². The van der Waals surface area contributed by atoms with Gasteiger partial charge in [0, 0.05) is 19.0 Å². The first kappa shape index (κ1) is 16.7. The van der Waals surface area contributed by atoms with Crippen LogP contribution in [-0.2, 0) is 6.42 Å². The Morgan fingerprint density at radius 1 is 1.20 bits per heavy atom. The molecular formula is C15H28N4O. The van der Waals surface area contributed by atoms with Gasteiger partial charge in [0.15, 0.2) is 0 Å². The summed E-state index contributed by atoms with van der Waals surface area (Å²) in [7, 11) is 4.17. The van der Waals surface area contributed by atoms with E-state index >= 15 is 0 Å². The first-order valence-electron chi connectivity index (χ1n) is 7.55. The first-order chi connectivity index (χ1) is 9.65. The molecule has 20 heavy (non-hydrogen) atoms. The van der Waals surface area contributed by atoms with Crippen LogP contribution in [0.1, 0.15) is 38.9 Å². The molecule has 0 spiro atoms. The second-order valence-electron chi connectivity index (χ2n) is 5.15. The molecule has 0 aromatic carbocycles. The highest BCUT2D eigenvalue weighted by molar-refractivity contribution is 5.38. The Morgan fingerprint density at radius 2 is 2.00 bits per heavy atom. The number of rotatable bonds is 10. The maximum absolute atomic E-state index is 5.67. The van der Waals surface area contributed by atoms with E-state index in [0.717, 1.165) is 57.0 Å². The van der Waals surface area contributed by atoms with E-state index in [2.05, 4.69) is 48.1 Å². The van der Waals surface area contributed by atoms with Gasteiger partial charge in [-0.2, -0.15) is 4.98 Å². The summed E-state index contributed by atoms with van der Waals surface area (Å²) in [5.41, 5.74) is 0. The second kappa shape index (κ2) is 9.53. The zero-order valence-electron chi connectivity index (χ0n) is 13.3. The van der Waals surface area contributed by atoms with Crippen LogP contribution in [0.3, 0.4) is 0 Å². The van der Waals surface area contributed by atoms with Crippen molar-refractivity contribution in [1.29, 1.82) is 0 Å². The monoisotopic (exact) mass is 280 g/mol. The molecule has 0 aliphatic rings. The van der Waals surface area contributed by atoms with Crippen molar-refractivity contribution in [2.24, 2.45) is 0 Å². The third kappa shape index (κ3) is 6.70. The van der Waals surface area contributed by atoms with Gasteiger partial charge >= 0.3 is 0 Å². The van der Waals surface area contributed by atoms with Crippen LogP contribution in [0, 0.1) is 0 Å². The number of aryl methyl sites for hydroxylation is 1. The predicted molar refractivity (Wildman–Crippen MR) is 83.5 cm³/mol. The lowest BCUT2D eigenvalue weighted by atomic mass is 10.3. The van der Waals surface area contributed by atoms with Crippen LogP contribution in [0.4, 0.5) is 5.82 Å². The molecule has 0 atom stereocenters. The van der Waals surface area contributed by atoms with Crippen LogP contribution >= 0.6 is 0 Å². The minimum Gasteiger partial charge on any atom is -0.478 e. The lowest BCUT2D eigenvalue weighted by Crippen LogP contribution is -2.17. The molecule has 0 radical (unpaired) electrons. The Bertz CT molecular complexity index is 382. The second-order valence-corrected chi connectivity index (χ2v) is 5.15. The summed E-state index contributed by atoms with van der Waals surface area (Å²) in [6.07, 6.45) is 4.08. The maximum atomic E-state index is 5.67. The summed E-state index contributed by atoms with van der Waals surface area (Å²) in [5.74, 6) is 2.37. The molecule has 0 bridgehead atoms. The van der Waals surface area contributed by atoms with Gasteiger partial charge in [0.25, 0.3) is 0 Å². The van der Waals surface area contributed by atoms with Crippen molar-refractivity contribution in [2.45, 2.75) is 39.5 Å². The standard InChI is InChI=1S/C15H28N4O/c1-5-7-11-20-15-12-14(17-13(6-2)18-15)16-9-8-10-19(3)4/h12H,5-11H2,1-4H3,(H,16,17,18). The number of ether oxygens (including phenoxy) is 1. The Kier molecular flexibility index (Phi) is 7.95. The Balaban J connectivity index is 2.53. The van der Waals surface area contributed by atoms with Crippen LogP contribution in [0.25, 0.3) is 0 Å². The smallest absolute Gasteiger partial charge is 0.218 e. The van der Waals surface area contributed by atoms with Crippen LogP contribution < -0.4 is 10.1 Å². The summed E-state index contributed by atoms with van der Waals surface area (Å²) >= 11 is 0. The molecule has 0 unspecified atom stereocenters. The van der Waals surface area contributed by atoms with E-state index in [1.165, 1.54) is 0 Å². The van der Waals surface area contributed by atoms with Gasteiger partial charge in [0.2, 0.25) is 5.88 Å². The lowest BCUT2D eigenvalue weighted by Gasteiger charge is -2.12. The molecule has 114 valence electrons. The van der Waals surface area contributed by atoms with E-state index < -0.39 is 0 Å². The van der Waals surface area contributed by atoms with Crippen molar-refractivity contribution in [3.63, 3.8) is 0 Å². The Morgan fingerprint density at radius 3 is 2.65 bits per heavy atom. The summed E-state index contributed by atoms with van der Waals surface area (Å²) in [6.45, 7) is 6.90. The largest absolute Gasteiger partial charge is 0.478 e. The molecule has 0 saturated carbocycles. The highest BCUT2D eigenvalue weighted by Gasteiger charge is 2.04. The molecular weight excluding hydrogens is 252 g/mol. The van der Waals surface area contributed by atoms with E-state index in [4.69, 9.17) is 4.74 Å². The summed E-state index contributed by atoms with van der Waals surface area (Å²) in [6, 6.07) is 1.89. The van der Waals surface area contributed by atoms with Crippen LogP contribution in [0.2, 0.25) is 0 Å². The van der Waals surface area contributed by atoms with E-state index in [-0.39, 0.29) is 0 Å². The Labute approximate surface area is 122 Å². The van der Waals surface area contributed by atoms with Gasteiger partial charge in [-0.3, -0.25) is 0 Å². The molecule has 5 nitrogen and oxygen atoms in total. The molecule has 0 fully saturated rings. The normalized spacial score (nSPS) is 10.8. The van der Waals surface area contributed by atoms with Crippen LogP contribution in [0.15, 0.2) is 6.07 Å². The number of unbranched alkanes of at least 4 members (excludes halogenated alkanes) is 1. The van der Waals surface area contributed by atoms with Gasteiger partial charge < -0.3 is 15.0 Å². The fourth-order valence-corrected chi connectivity index (χ4v) is 1.73. The van der Waals surface area contributed by atoms with E-state index in [1.807, 2.05) is 6.07 Å². The number of anilines is 1. The predicted octanol–water partition coefficient (Wildman–Crippen LogP) is 2.58. The third-order valence-electron chi connectivity index (χ3n) is 2.90. The number of aromatic nitrogens is 2. The quantitative estimate of drug-likeness (QED) is 0.668. The summed E-state index contributed by atoms with van der Waals surface area (Å²) < 4.78 is 5.67. The number of nitrogens with one attached hydrogen (secondary N) is 1. The van der Waals surface area contributed by atoms with E-state index in [1.54, 1.807) is 0 Å². The highest BCUT2D eigenvalue weighted by Crippen LogP contribution is 2.14. The minimum absolute atomic E-state index is 0.681. The molecule has 1 N–H and O–H groups in total.